The van der Waals surface area contributed by atoms with Gasteiger partial charge in [-0.2, -0.15) is 0 Å². The third-order valence-electron chi connectivity index (χ3n) is 9.49. The second kappa shape index (κ2) is 12.8. The first kappa shape index (κ1) is 32.0. The van der Waals surface area contributed by atoms with Crippen LogP contribution in [0.2, 0.25) is 43.2 Å². The monoisotopic (exact) mass is 684 g/mol. The molecule has 0 heterocycles. The molecule has 0 bridgehead atoms. The van der Waals surface area contributed by atoms with Gasteiger partial charge in [-0.1, -0.05) is 0 Å². The Morgan fingerprint density at radius 1 is 0.439 bits per heavy atom. The predicted molar refractivity (Wildman–Crippen MR) is 191 cm³/mol. The quantitative estimate of drug-likeness (QED) is 0.131. The van der Waals surface area contributed by atoms with E-state index in [1.165, 1.54) is 28.1 Å². The Kier molecular flexibility index (Phi) is 9.98. The molecule has 0 saturated carbocycles. The molecule has 0 radical (unpaired) electrons. The zero-order valence-corrected chi connectivity index (χ0v) is 31.7. The Balaban J connectivity index is 1.90. The second-order valence-electron chi connectivity index (χ2n) is 15.2. The molecule has 3 heteroatoms. The van der Waals surface area contributed by atoms with Gasteiger partial charge in [0.2, 0.25) is 0 Å². The molecule has 0 aliphatic rings. The third-order valence-corrected chi connectivity index (χ3v) is 53.9. The van der Waals surface area contributed by atoms with Crippen LogP contribution in [0.3, 0.4) is 0 Å². The summed E-state index contributed by atoms with van der Waals surface area (Å²) in [6.07, 6.45) is 0. The van der Waals surface area contributed by atoms with Crippen molar-refractivity contribution in [2.75, 3.05) is 0 Å². The van der Waals surface area contributed by atoms with E-state index in [-0.39, 0.29) is 10.8 Å². The first-order valence-electron chi connectivity index (χ1n) is 15.5. The summed E-state index contributed by atoms with van der Waals surface area (Å²) in [7, 11) is -3.40. The summed E-state index contributed by atoms with van der Waals surface area (Å²) in [5.74, 6) is 0. The van der Waals surface area contributed by atoms with Crippen LogP contribution >= 0.6 is 0 Å². The summed E-state index contributed by atoms with van der Waals surface area (Å²) in [5, 5.41) is 3.27. The maximum atomic E-state index is 2.68. The summed E-state index contributed by atoms with van der Waals surface area (Å²) in [6, 6.07) is 46.1. The Morgan fingerprint density at radius 3 is 1.00 bits per heavy atom. The first-order chi connectivity index (χ1) is 19.2. The molecule has 0 N–H and O–H groups in total. The zero-order valence-electron chi connectivity index (χ0n) is 26.9. The van der Waals surface area contributed by atoms with Crippen molar-refractivity contribution in [3.8, 4) is 0 Å². The van der Waals surface area contributed by atoms with Crippen molar-refractivity contribution in [2.24, 2.45) is 0 Å². The zero-order chi connectivity index (χ0) is 29.8. The van der Waals surface area contributed by atoms with Gasteiger partial charge in [-0.05, 0) is 0 Å². The van der Waals surface area contributed by atoms with Crippen LogP contribution in [0.1, 0.15) is 38.8 Å². The molecular weight excluding hydrogens is 631 g/mol. The summed E-state index contributed by atoms with van der Waals surface area (Å²) in [6.45, 7) is 20.9. The normalized spacial score (nSPS) is 13.3. The van der Waals surface area contributed by atoms with E-state index in [9.17, 15) is 0 Å². The molecule has 0 aromatic heterocycles. The van der Waals surface area contributed by atoms with E-state index in [1.807, 2.05) is 0 Å². The summed E-state index contributed by atoms with van der Waals surface area (Å²) in [4.78, 5) is 0. The molecule has 0 fully saturated rings. The second-order valence-corrected chi connectivity index (χ2v) is 41.2. The van der Waals surface area contributed by atoms with Gasteiger partial charge in [0, 0.05) is 0 Å². The number of hydrogen-bond acceptors (Lipinski definition) is 0. The van der Waals surface area contributed by atoms with Crippen LogP contribution in [-0.2, 0) is 10.8 Å². The fourth-order valence-electron chi connectivity index (χ4n) is 8.09. The van der Waals surface area contributed by atoms with Crippen LogP contribution in [0.15, 0.2) is 121 Å². The van der Waals surface area contributed by atoms with Gasteiger partial charge in [-0.25, -0.2) is 0 Å². The molecule has 0 saturated heterocycles. The van der Waals surface area contributed by atoms with Gasteiger partial charge in [0.15, 0.2) is 0 Å². The van der Waals surface area contributed by atoms with Gasteiger partial charge in [0.05, 0.1) is 0 Å². The van der Waals surface area contributed by atoms with Crippen LogP contribution in [0.5, 0.6) is 0 Å². The average molecular weight is 684 g/mol. The van der Waals surface area contributed by atoms with Crippen LogP contribution in [-0.4, -0.2) is 34.5 Å². The van der Waals surface area contributed by atoms with Gasteiger partial charge in [-0.15, -0.1) is 0 Å². The van der Waals surface area contributed by atoms with E-state index in [1.54, 1.807) is 10.4 Å². The van der Waals surface area contributed by atoms with Crippen molar-refractivity contribution in [3.05, 3.63) is 132 Å². The van der Waals surface area contributed by atoms with E-state index in [4.69, 9.17) is 0 Å². The van der Waals surface area contributed by atoms with E-state index < -0.39 is 34.5 Å². The molecule has 4 aromatic rings. The van der Waals surface area contributed by atoms with E-state index >= 15 is 0 Å². The maximum absolute atomic E-state index is 3.03. The molecule has 41 heavy (non-hydrogen) atoms. The minimum absolute atomic E-state index is 0.159. The molecule has 216 valence electrons. The Morgan fingerprint density at radius 2 is 0.707 bits per heavy atom. The van der Waals surface area contributed by atoms with Crippen LogP contribution in [0.4, 0.5) is 0 Å². The van der Waals surface area contributed by atoms with Crippen molar-refractivity contribution in [3.63, 3.8) is 0 Å². The van der Waals surface area contributed by atoms with Crippen LogP contribution in [0, 0.1) is 0 Å². The molecule has 0 amide bonds. The predicted octanol–water partition coefficient (Wildman–Crippen LogP) is 9.70. The summed E-state index contributed by atoms with van der Waals surface area (Å²) < 4.78 is 5.80. The molecule has 4 aromatic carbocycles. The summed E-state index contributed by atoms with van der Waals surface area (Å²) >= 11 is -3.03. The van der Waals surface area contributed by atoms with Gasteiger partial charge in [-0.3, -0.25) is 0 Å². The van der Waals surface area contributed by atoms with Crippen molar-refractivity contribution in [2.45, 2.75) is 81.7 Å². The fraction of sp³-hybridized carbons (Fsp3) is 0.368. The molecule has 0 unspecified atom stereocenters. The number of hydrogen-bond donors (Lipinski definition) is 0. The van der Waals surface area contributed by atoms with Crippen molar-refractivity contribution < 1.29 is 0 Å². The average Bonchev–Trinajstić information content (AvgIpc) is 2.94. The fourth-order valence-corrected chi connectivity index (χ4v) is 70.8. The van der Waals surface area contributed by atoms with Gasteiger partial charge in [0.25, 0.3) is 0 Å². The Bertz CT molecular complexity index is 1140. The van der Waals surface area contributed by atoms with Crippen LogP contribution < -0.4 is 10.4 Å². The van der Waals surface area contributed by atoms with Gasteiger partial charge in [0.1, 0.15) is 0 Å². The van der Waals surface area contributed by atoms with E-state index in [0.717, 1.165) is 0 Å². The third kappa shape index (κ3) is 8.15. The van der Waals surface area contributed by atoms with Crippen molar-refractivity contribution >= 4 is 44.9 Å². The number of benzene rings is 4. The molecular formula is C38H52Si2Sn. The van der Waals surface area contributed by atoms with Crippen molar-refractivity contribution in [1.82, 2.24) is 0 Å². The standard InChI is InChI=1S/2C10H13.2C9H13Si.Sn/c4*1-10(2,3)9-7-5-4-6-8-9;/h4*4-8H,1H2,2-3H3;. The van der Waals surface area contributed by atoms with Crippen LogP contribution in [0.25, 0.3) is 0 Å². The molecule has 0 aliphatic heterocycles. The van der Waals surface area contributed by atoms with Gasteiger partial charge >= 0.3 is 259 Å². The topological polar surface area (TPSA) is 0 Å². The molecule has 0 nitrogen and oxygen atoms in total. The van der Waals surface area contributed by atoms with E-state index in [0.29, 0.717) is 0 Å². The Hall–Kier alpha value is -1.89. The van der Waals surface area contributed by atoms with E-state index in [2.05, 4.69) is 175 Å². The molecule has 0 aliphatic carbocycles. The number of rotatable bonds is 12. The minimum atomic E-state index is -3.03. The van der Waals surface area contributed by atoms with Gasteiger partial charge < -0.3 is 0 Å². The molecule has 0 spiro atoms. The molecule has 4 rings (SSSR count). The molecule has 0 atom stereocenters. The SMILES string of the molecule is CC(C)([CH2][Sn]([CH2]C(C)(C)c1ccccc1)([CH2][Si](C)(C)c1ccccc1)[CH2][Si](C)(C)c1ccccc1)c1ccccc1. The first-order valence-corrected chi connectivity index (χ1v) is 30.0. The summed E-state index contributed by atoms with van der Waals surface area (Å²) in [5.41, 5.74) is 3.34. The Labute approximate surface area is 257 Å². The van der Waals surface area contributed by atoms with Crippen molar-refractivity contribution in [1.29, 1.82) is 0 Å².